The van der Waals surface area contributed by atoms with E-state index in [1.165, 1.54) is 27.3 Å². The lowest BCUT2D eigenvalue weighted by molar-refractivity contribution is 0.673. The fourth-order valence-electron chi connectivity index (χ4n) is 6.75. The molecule has 2 nitrogen and oxygen atoms in total. The van der Waals surface area contributed by atoms with Crippen LogP contribution in [0.2, 0.25) is 0 Å². The second-order valence-corrected chi connectivity index (χ2v) is 11.8. The Hall–Kier alpha value is -6.12. The average Bonchev–Trinajstić information content (AvgIpc) is 3.50. The monoisotopic (exact) mass is 587 g/mol. The first kappa shape index (κ1) is 26.3. The van der Waals surface area contributed by atoms with E-state index >= 15 is 0 Å². The van der Waals surface area contributed by atoms with E-state index in [-0.39, 0.29) is 0 Å². The summed E-state index contributed by atoms with van der Waals surface area (Å²) in [5.74, 6) is 0. The Balaban J connectivity index is 1.33. The number of furan rings is 1. The predicted molar refractivity (Wildman–Crippen MR) is 194 cm³/mol. The molecule has 1 aromatic heterocycles. The van der Waals surface area contributed by atoms with Gasteiger partial charge in [-0.15, -0.1) is 0 Å². The van der Waals surface area contributed by atoms with Gasteiger partial charge in [0.25, 0.3) is 0 Å². The van der Waals surface area contributed by atoms with Crippen molar-refractivity contribution in [3.05, 3.63) is 176 Å². The van der Waals surface area contributed by atoms with Crippen molar-refractivity contribution in [1.29, 1.82) is 0 Å². The van der Waals surface area contributed by atoms with Gasteiger partial charge >= 0.3 is 0 Å². The molecule has 9 rings (SSSR count). The zero-order valence-electron chi connectivity index (χ0n) is 25.1. The van der Waals surface area contributed by atoms with E-state index in [0.29, 0.717) is 0 Å². The number of benzene rings is 8. The molecule has 0 bridgehead atoms. The Kier molecular flexibility index (Phi) is 6.17. The molecule has 9 aromatic rings. The molecule has 0 fully saturated rings. The van der Waals surface area contributed by atoms with Gasteiger partial charge in [0.15, 0.2) is 0 Å². The molecule has 0 spiro atoms. The number of anilines is 3. The lowest BCUT2D eigenvalue weighted by atomic mass is 9.98. The molecule has 0 atom stereocenters. The smallest absolute Gasteiger partial charge is 0.143 e. The number of rotatable bonds is 5. The van der Waals surface area contributed by atoms with E-state index < -0.39 is 0 Å². The Morgan fingerprint density at radius 3 is 1.76 bits per heavy atom. The van der Waals surface area contributed by atoms with Crippen molar-refractivity contribution in [1.82, 2.24) is 0 Å². The van der Waals surface area contributed by atoms with Crippen molar-refractivity contribution in [2.24, 2.45) is 0 Å². The van der Waals surface area contributed by atoms with E-state index in [0.717, 1.165) is 55.5 Å². The molecule has 0 saturated heterocycles. The van der Waals surface area contributed by atoms with Gasteiger partial charge in [0, 0.05) is 33.1 Å². The van der Waals surface area contributed by atoms with Gasteiger partial charge in [0.05, 0.1) is 5.69 Å². The molecular formula is C44H29NO. The second kappa shape index (κ2) is 10.8. The minimum atomic E-state index is 0.881. The SMILES string of the molecule is c1ccc(-c2ccc(N(c3ccc4ccccc4c3)c3cc4c(cc3-c3ccccc3)oc3c5ccccc5ccc43)cc2)cc1. The molecule has 0 aliphatic carbocycles. The van der Waals surface area contributed by atoms with Crippen LogP contribution in [0.5, 0.6) is 0 Å². The Labute approximate surface area is 267 Å². The quantitative estimate of drug-likeness (QED) is 0.199. The van der Waals surface area contributed by atoms with Crippen LogP contribution in [0.15, 0.2) is 180 Å². The van der Waals surface area contributed by atoms with E-state index in [1.807, 2.05) is 0 Å². The summed E-state index contributed by atoms with van der Waals surface area (Å²) in [6.45, 7) is 0. The molecule has 0 saturated carbocycles. The van der Waals surface area contributed by atoms with E-state index in [1.54, 1.807) is 0 Å². The molecule has 0 unspecified atom stereocenters. The lowest BCUT2D eigenvalue weighted by Crippen LogP contribution is -2.11. The first-order chi connectivity index (χ1) is 22.8. The summed E-state index contributed by atoms with van der Waals surface area (Å²) >= 11 is 0. The third kappa shape index (κ3) is 4.43. The summed E-state index contributed by atoms with van der Waals surface area (Å²) in [5.41, 5.74) is 9.72. The average molecular weight is 588 g/mol. The number of fused-ring (bicyclic) bond motifs is 6. The van der Waals surface area contributed by atoms with Crippen LogP contribution in [0, 0.1) is 0 Å². The highest BCUT2D eigenvalue weighted by atomic mass is 16.3. The van der Waals surface area contributed by atoms with Crippen molar-refractivity contribution in [2.45, 2.75) is 0 Å². The zero-order valence-corrected chi connectivity index (χ0v) is 25.1. The summed E-state index contributed by atoms with van der Waals surface area (Å²) < 4.78 is 6.68. The van der Waals surface area contributed by atoms with Crippen LogP contribution in [0.3, 0.4) is 0 Å². The van der Waals surface area contributed by atoms with Crippen LogP contribution < -0.4 is 4.90 Å². The number of hydrogen-bond acceptors (Lipinski definition) is 2. The Bertz CT molecular complexity index is 2510. The van der Waals surface area contributed by atoms with Crippen LogP contribution >= 0.6 is 0 Å². The molecule has 0 amide bonds. The summed E-state index contributed by atoms with van der Waals surface area (Å²) in [5, 5.41) is 6.94. The van der Waals surface area contributed by atoms with Crippen molar-refractivity contribution >= 4 is 60.5 Å². The first-order valence-corrected chi connectivity index (χ1v) is 15.7. The van der Waals surface area contributed by atoms with Gasteiger partial charge in [-0.3, -0.25) is 0 Å². The second-order valence-electron chi connectivity index (χ2n) is 11.8. The van der Waals surface area contributed by atoms with Gasteiger partial charge in [0.1, 0.15) is 11.2 Å². The molecule has 2 heteroatoms. The first-order valence-electron chi connectivity index (χ1n) is 15.7. The van der Waals surface area contributed by atoms with Crippen molar-refractivity contribution in [2.75, 3.05) is 4.90 Å². The van der Waals surface area contributed by atoms with Crippen molar-refractivity contribution in [3.8, 4) is 22.3 Å². The fraction of sp³-hybridized carbons (Fsp3) is 0. The maximum Gasteiger partial charge on any atom is 0.143 e. The third-order valence-corrected chi connectivity index (χ3v) is 9.03. The fourth-order valence-corrected chi connectivity index (χ4v) is 6.75. The molecular weight excluding hydrogens is 558 g/mol. The third-order valence-electron chi connectivity index (χ3n) is 9.03. The highest BCUT2D eigenvalue weighted by Gasteiger charge is 2.21. The van der Waals surface area contributed by atoms with Crippen LogP contribution in [-0.4, -0.2) is 0 Å². The maximum absolute atomic E-state index is 6.68. The zero-order chi connectivity index (χ0) is 30.5. The molecule has 0 N–H and O–H groups in total. The minimum absolute atomic E-state index is 0.881. The summed E-state index contributed by atoms with van der Waals surface area (Å²) in [7, 11) is 0. The number of hydrogen-bond donors (Lipinski definition) is 0. The minimum Gasteiger partial charge on any atom is -0.455 e. The highest BCUT2D eigenvalue weighted by Crippen LogP contribution is 2.46. The normalized spacial score (nSPS) is 11.5. The summed E-state index contributed by atoms with van der Waals surface area (Å²) in [6.07, 6.45) is 0. The van der Waals surface area contributed by atoms with Gasteiger partial charge in [-0.1, -0.05) is 133 Å². The molecule has 8 aromatic carbocycles. The van der Waals surface area contributed by atoms with Crippen molar-refractivity contribution in [3.63, 3.8) is 0 Å². The largest absolute Gasteiger partial charge is 0.455 e. The van der Waals surface area contributed by atoms with Crippen LogP contribution in [0.1, 0.15) is 0 Å². The Morgan fingerprint density at radius 2 is 0.978 bits per heavy atom. The molecule has 0 aliphatic rings. The van der Waals surface area contributed by atoms with Crippen LogP contribution in [0.25, 0.3) is 65.7 Å². The van der Waals surface area contributed by atoms with Gasteiger partial charge in [-0.2, -0.15) is 0 Å². The van der Waals surface area contributed by atoms with Crippen molar-refractivity contribution < 1.29 is 4.42 Å². The lowest BCUT2D eigenvalue weighted by Gasteiger charge is -2.28. The summed E-state index contributed by atoms with van der Waals surface area (Å²) in [4.78, 5) is 2.39. The Morgan fingerprint density at radius 1 is 0.370 bits per heavy atom. The van der Waals surface area contributed by atoms with E-state index in [4.69, 9.17) is 4.42 Å². The van der Waals surface area contributed by atoms with Gasteiger partial charge in [-0.05, 0) is 75.3 Å². The topological polar surface area (TPSA) is 16.4 Å². The van der Waals surface area contributed by atoms with Gasteiger partial charge in [0.2, 0.25) is 0 Å². The molecule has 46 heavy (non-hydrogen) atoms. The van der Waals surface area contributed by atoms with E-state index in [2.05, 4.69) is 181 Å². The van der Waals surface area contributed by atoms with E-state index in [9.17, 15) is 0 Å². The standard InChI is InChI=1S/C44H29NO/c1-3-11-30(12-4-1)32-19-23-36(24-20-32)45(37-25-21-31-13-7-8-17-35(31)27-37)42-28-41-39-26-22-34-16-9-10-18-38(34)44(39)46-43(41)29-40(42)33-14-5-2-6-15-33/h1-29H. The molecule has 0 radical (unpaired) electrons. The molecule has 0 aliphatic heterocycles. The maximum atomic E-state index is 6.68. The van der Waals surface area contributed by atoms with Gasteiger partial charge < -0.3 is 9.32 Å². The molecule has 1 heterocycles. The van der Waals surface area contributed by atoms with Gasteiger partial charge in [-0.25, -0.2) is 0 Å². The van der Waals surface area contributed by atoms with Crippen LogP contribution in [0.4, 0.5) is 17.1 Å². The highest BCUT2D eigenvalue weighted by molar-refractivity contribution is 6.17. The predicted octanol–water partition coefficient (Wildman–Crippen LogP) is 12.7. The number of nitrogens with zero attached hydrogens (tertiary/aromatic N) is 1. The van der Waals surface area contributed by atoms with Crippen LogP contribution in [-0.2, 0) is 0 Å². The molecule has 216 valence electrons. The summed E-state index contributed by atoms with van der Waals surface area (Å²) in [6, 6.07) is 62.8.